The fraction of sp³-hybridized carbons (Fsp3) is 0.619. The van der Waals surface area contributed by atoms with Crippen LogP contribution in [0.15, 0.2) is 18.2 Å². The van der Waals surface area contributed by atoms with Gasteiger partial charge in [-0.3, -0.25) is 4.79 Å². The maximum absolute atomic E-state index is 12.3. The van der Waals surface area contributed by atoms with Crippen LogP contribution in [0.2, 0.25) is 0 Å². The largest absolute Gasteiger partial charge is 0.482 e. The summed E-state index contributed by atoms with van der Waals surface area (Å²) in [6, 6.07) is 5.50. The highest BCUT2D eigenvalue weighted by Gasteiger charge is 2.62. The summed E-state index contributed by atoms with van der Waals surface area (Å²) in [7, 11) is 0. The summed E-state index contributed by atoms with van der Waals surface area (Å²) in [6.07, 6.45) is 4.49. The summed E-state index contributed by atoms with van der Waals surface area (Å²) in [5, 5.41) is 2.84. The summed E-state index contributed by atoms with van der Waals surface area (Å²) in [5.74, 6) is 1.01. The number of rotatable bonds is 4. The molecule has 26 heavy (non-hydrogen) atoms. The van der Waals surface area contributed by atoms with E-state index in [4.69, 9.17) is 9.47 Å². The molecule has 1 N–H and O–H groups in total. The summed E-state index contributed by atoms with van der Waals surface area (Å²) in [6.45, 7) is 6.79. The fourth-order valence-corrected chi connectivity index (χ4v) is 5.09. The zero-order valence-electron chi connectivity index (χ0n) is 15.8. The van der Waals surface area contributed by atoms with Gasteiger partial charge in [-0.2, -0.15) is 0 Å². The number of ether oxygens (including phenoxy) is 2. The molecule has 2 bridgehead atoms. The zero-order valence-corrected chi connectivity index (χ0v) is 15.8. The first-order chi connectivity index (χ1) is 12.3. The SMILES string of the molecule is CC1(C)[C@H]2CC[C@@]1(C)[C@H](OC(=O)COc1ccc3c(c1)CCC(=O)N3)C2. The number of aryl methyl sites for hydroxylation is 1. The van der Waals surface area contributed by atoms with Crippen LogP contribution < -0.4 is 10.1 Å². The van der Waals surface area contributed by atoms with Gasteiger partial charge in [0, 0.05) is 17.5 Å². The van der Waals surface area contributed by atoms with Crippen molar-refractivity contribution in [1.82, 2.24) is 0 Å². The van der Waals surface area contributed by atoms with Crippen LogP contribution in [0.4, 0.5) is 5.69 Å². The second kappa shape index (κ2) is 6.00. The molecule has 0 saturated heterocycles. The molecule has 2 saturated carbocycles. The van der Waals surface area contributed by atoms with Crippen molar-refractivity contribution in [2.45, 2.75) is 59.0 Å². The van der Waals surface area contributed by atoms with Gasteiger partial charge in [-0.25, -0.2) is 4.79 Å². The molecular formula is C21H27NO4. The molecule has 2 fully saturated rings. The Bertz CT molecular complexity index is 756. The molecule has 5 heteroatoms. The van der Waals surface area contributed by atoms with Gasteiger partial charge < -0.3 is 14.8 Å². The third-order valence-electron chi connectivity index (χ3n) is 7.32. The van der Waals surface area contributed by atoms with E-state index in [-0.39, 0.29) is 35.4 Å². The Balaban J connectivity index is 1.35. The van der Waals surface area contributed by atoms with E-state index in [1.807, 2.05) is 12.1 Å². The lowest BCUT2D eigenvalue weighted by molar-refractivity contribution is -0.159. The Hall–Kier alpha value is -2.04. The Morgan fingerprint density at radius 3 is 2.77 bits per heavy atom. The lowest BCUT2D eigenvalue weighted by Gasteiger charge is -2.38. The Kier molecular flexibility index (Phi) is 4.01. The van der Waals surface area contributed by atoms with E-state index >= 15 is 0 Å². The number of amides is 1. The lowest BCUT2D eigenvalue weighted by Crippen LogP contribution is -2.39. The van der Waals surface area contributed by atoms with E-state index in [2.05, 4.69) is 26.1 Å². The number of carbonyl (C=O) groups is 2. The normalized spacial score (nSPS) is 31.3. The molecule has 2 aliphatic carbocycles. The molecule has 1 aliphatic heterocycles. The molecule has 1 heterocycles. The van der Waals surface area contributed by atoms with Crippen molar-refractivity contribution >= 4 is 17.6 Å². The quantitative estimate of drug-likeness (QED) is 0.835. The van der Waals surface area contributed by atoms with Crippen LogP contribution in [0.25, 0.3) is 0 Å². The molecule has 0 spiro atoms. The standard InChI is InChI=1S/C21H27NO4/c1-20(2)14-8-9-21(20,3)17(11-14)26-19(24)12-25-15-5-6-16-13(10-15)4-7-18(23)22-16/h5-6,10,14,17H,4,7-9,11-12H2,1-3H3,(H,22,23)/t14-,17+,21-/m0/s1. The summed E-state index contributed by atoms with van der Waals surface area (Å²) >= 11 is 0. The van der Waals surface area contributed by atoms with Gasteiger partial charge in [0.1, 0.15) is 11.9 Å². The first-order valence-corrected chi connectivity index (χ1v) is 9.55. The van der Waals surface area contributed by atoms with Crippen LogP contribution in [0.5, 0.6) is 5.75 Å². The number of hydrogen-bond acceptors (Lipinski definition) is 4. The van der Waals surface area contributed by atoms with E-state index in [0.29, 0.717) is 24.5 Å². The van der Waals surface area contributed by atoms with Crippen molar-refractivity contribution in [3.05, 3.63) is 23.8 Å². The minimum absolute atomic E-state index is 0.00825. The molecule has 3 atom stereocenters. The molecule has 1 aromatic carbocycles. The van der Waals surface area contributed by atoms with Gasteiger partial charge in [0.25, 0.3) is 0 Å². The molecule has 5 nitrogen and oxygen atoms in total. The number of hydrogen-bond donors (Lipinski definition) is 1. The van der Waals surface area contributed by atoms with Crippen molar-refractivity contribution in [2.75, 3.05) is 11.9 Å². The molecule has 0 radical (unpaired) electrons. The van der Waals surface area contributed by atoms with Gasteiger partial charge in [0.05, 0.1) is 0 Å². The number of fused-ring (bicyclic) bond motifs is 3. The molecule has 1 aromatic rings. The third kappa shape index (κ3) is 2.68. The van der Waals surface area contributed by atoms with Crippen molar-refractivity contribution in [1.29, 1.82) is 0 Å². The minimum atomic E-state index is -0.300. The zero-order chi connectivity index (χ0) is 18.5. The summed E-state index contributed by atoms with van der Waals surface area (Å²) < 4.78 is 11.5. The van der Waals surface area contributed by atoms with Crippen LogP contribution in [-0.2, 0) is 20.7 Å². The average Bonchev–Trinajstić information content (AvgIpc) is 2.93. The highest BCUT2D eigenvalue weighted by molar-refractivity contribution is 5.94. The van der Waals surface area contributed by atoms with Crippen LogP contribution in [0.3, 0.4) is 0 Å². The number of carbonyl (C=O) groups excluding carboxylic acids is 2. The highest BCUT2D eigenvalue weighted by atomic mass is 16.6. The Morgan fingerprint density at radius 1 is 1.27 bits per heavy atom. The second-order valence-corrected chi connectivity index (χ2v) is 8.74. The van der Waals surface area contributed by atoms with Crippen molar-refractivity contribution in [3.8, 4) is 5.75 Å². The van der Waals surface area contributed by atoms with Gasteiger partial charge in [0.15, 0.2) is 6.61 Å². The molecule has 0 aromatic heterocycles. The van der Waals surface area contributed by atoms with Gasteiger partial charge in [-0.05, 0) is 60.8 Å². The summed E-state index contributed by atoms with van der Waals surface area (Å²) in [5.41, 5.74) is 2.16. The van der Waals surface area contributed by atoms with Crippen LogP contribution >= 0.6 is 0 Å². The highest BCUT2D eigenvalue weighted by Crippen LogP contribution is 2.66. The number of anilines is 1. The van der Waals surface area contributed by atoms with Crippen molar-refractivity contribution < 1.29 is 19.1 Å². The van der Waals surface area contributed by atoms with Crippen LogP contribution in [-0.4, -0.2) is 24.6 Å². The maximum atomic E-state index is 12.3. The number of esters is 1. The molecule has 140 valence electrons. The van der Waals surface area contributed by atoms with Crippen molar-refractivity contribution in [2.24, 2.45) is 16.7 Å². The summed E-state index contributed by atoms with van der Waals surface area (Å²) in [4.78, 5) is 23.7. The predicted octanol–water partition coefficient (Wildman–Crippen LogP) is 3.71. The first-order valence-electron chi connectivity index (χ1n) is 9.55. The van der Waals surface area contributed by atoms with Gasteiger partial charge in [-0.15, -0.1) is 0 Å². The first kappa shape index (κ1) is 17.4. The van der Waals surface area contributed by atoms with E-state index in [1.54, 1.807) is 6.07 Å². The molecule has 4 rings (SSSR count). The molecule has 1 amide bonds. The number of benzene rings is 1. The van der Waals surface area contributed by atoms with Gasteiger partial charge in [-0.1, -0.05) is 20.8 Å². The maximum Gasteiger partial charge on any atom is 0.344 e. The number of nitrogens with one attached hydrogen (secondary N) is 1. The van der Waals surface area contributed by atoms with Crippen LogP contribution in [0.1, 0.15) is 52.0 Å². The van der Waals surface area contributed by atoms with Gasteiger partial charge in [0.2, 0.25) is 5.91 Å². The van der Waals surface area contributed by atoms with E-state index < -0.39 is 0 Å². The average molecular weight is 357 g/mol. The molecular weight excluding hydrogens is 330 g/mol. The van der Waals surface area contributed by atoms with E-state index in [9.17, 15) is 9.59 Å². The van der Waals surface area contributed by atoms with E-state index in [0.717, 1.165) is 24.1 Å². The topological polar surface area (TPSA) is 64.6 Å². The monoisotopic (exact) mass is 357 g/mol. The molecule has 3 aliphatic rings. The third-order valence-corrected chi connectivity index (χ3v) is 7.32. The smallest absolute Gasteiger partial charge is 0.344 e. The van der Waals surface area contributed by atoms with Crippen LogP contribution in [0, 0.1) is 16.7 Å². The lowest BCUT2D eigenvalue weighted by atomic mass is 9.70. The fourth-order valence-electron chi connectivity index (χ4n) is 5.09. The molecule has 0 unspecified atom stereocenters. The Labute approximate surface area is 154 Å². The predicted molar refractivity (Wildman–Crippen MR) is 98.0 cm³/mol. The van der Waals surface area contributed by atoms with E-state index in [1.165, 1.54) is 6.42 Å². The van der Waals surface area contributed by atoms with Gasteiger partial charge >= 0.3 is 5.97 Å². The van der Waals surface area contributed by atoms with Crippen molar-refractivity contribution in [3.63, 3.8) is 0 Å². The minimum Gasteiger partial charge on any atom is -0.482 e. The second-order valence-electron chi connectivity index (χ2n) is 8.74. The Morgan fingerprint density at radius 2 is 2.08 bits per heavy atom.